The number of aromatic nitrogens is 1. The van der Waals surface area contributed by atoms with Crippen molar-refractivity contribution in [3.05, 3.63) is 47.2 Å². The summed E-state index contributed by atoms with van der Waals surface area (Å²) in [7, 11) is 1.54. The summed E-state index contributed by atoms with van der Waals surface area (Å²) < 4.78 is 5.11. The molecule has 0 bridgehead atoms. The lowest BCUT2D eigenvalue weighted by molar-refractivity contribution is 0.0691. The molecule has 0 saturated carbocycles. The Hall–Kier alpha value is -2.07. The summed E-state index contributed by atoms with van der Waals surface area (Å²) in [5.74, 6) is -0.487. The van der Waals surface area contributed by atoms with Gasteiger partial charge >= 0.3 is 5.97 Å². The van der Waals surface area contributed by atoms with Crippen LogP contribution in [0.15, 0.2) is 36.5 Å². The molecule has 0 amide bonds. The molecule has 0 radical (unpaired) electrons. The molecule has 0 spiro atoms. The largest absolute Gasteiger partial charge is 0.497 e. The summed E-state index contributed by atoms with van der Waals surface area (Å²) in [4.78, 5) is 15.0. The fourth-order valence-electron chi connectivity index (χ4n) is 1.63. The SMILES string of the molecule is COc1ccc(Cl)c(-c2cccnc2C(=O)O)c1. The van der Waals surface area contributed by atoms with E-state index in [2.05, 4.69) is 4.98 Å². The second kappa shape index (κ2) is 5.06. The Labute approximate surface area is 109 Å². The van der Waals surface area contributed by atoms with Gasteiger partial charge in [0.2, 0.25) is 0 Å². The Morgan fingerprint density at radius 2 is 2.11 bits per heavy atom. The number of benzene rings is 1. The Morgan fingerprint density at radius 1 is 1.33 bits per heavy atom. The first kappa shape index (κ1) is 12.4. The number of carboxylic acid groups (broad SMARTS) is 1. The second-order valence-electron chi connectivity index (χ2n) is 3.55. The number of hydrogen-bond donors (Lipinski definition) is 1. The number of aromatic carboxylic acids is 1. The average Bonchev–Trinajstić information content (AvgIpc) is 2.39. The van der Waals surface area contributed by atoms with Crippen LogP contribution in [-0.4, -0.2) is 23.2 Å². The van der Waals surface area contributed by atoms with Gasteiger partial charge in [0.15, 0.2) is 5.69 Å². The van der Waals surface area contributed by atoms with Gasteiger partial charge in [-0.15, -0.1) is 0 Å². The van der Waals surface area contributed by atoms with E-state index in [1.807, 2.05) is 0 Å². The van der Waals surface area contributed by atoms with Crippen LogP contribution in [0.25, 0.3) is 11.1 Å². The Kier molecular flexibility index (Phi) is 3.48. The van der Waals surface area contributed by atoms with Crippen molar-refractivity contribution >= 4 is 17.6 Å². The smallest absolute Gasteiger partial charge is 0.355 e. The molecule has 0 fully saturated rings. The first-order valence-electron chi connectivity index (χ1n) is 5.15. The molecule has 18 heavy (non-hydrogen) atoms. The molecular formula is C13H10ClNO3. The number of hydrogen-bond acceptors (Lipinski definition) is 3. The van der Waals surface area contributed by atoms with Crippen LogP contribution in [0.5, 0.6) is 5.75 Å². The highest BCUT2D eigenvalue weighted by molar-refractivity contribution is 6.33. The fourth-order valence-corrected chi connectivity index (χ4v) is 1.85. The molecular weight excluding hydrogens is 254 g/mol. The zero-order chi connectivity index (χ0) is 13.1. The van der Waals surface area contributed by atoms with Crippen molar-refractivity contribution in [3.63, 3.8) is 0 Å². The van der Waals surface area contributed by atoms with Crippen LogP contribution in [0.1, 0.15) is 10.5 Å². The van der Waals surface area contributed by atoms with Gasteiger partial charge in [0.05, 0.1) is 7.11 Å². The number of carbonyl (C=O) groups is 1. The van der Waals surface area contributed by atoms with Crippen LogP contribution in [0, 0.1) is 0 Å². The van der Waals surface area contributed by atoms with Gasteiger partial charge < -0.3 is 9.84 Å². The molecule has 1 aromatic heterocycles. The number of rotatable bonds is 3. The van der Waals surface area contributed by atoms with Gasteiger partial charge in [-0.3, -0.25) is 0 Å². The molecule has 1 N–H and O–H groups in total. The molecule has 0 unspecified atom stereocenters. The maximum Gasteiger partial charge on any atom is 0.355 e. The molecule has 0 saturated heterocycles. The fraction of sp³-hybridized carbons (Fsp3) is 0.0769. The van der Waals surface area contributed by atoms with Crippen molar-refractivity contribution in [2.75, 3.05) is 7.11 Å². The third kappa shape index (κ3) is 2.28. The normalized spacial score (nSPS) is 10.1. The zero-order valence-electron chi connectivity index (χ0n) is 9.55. The Morgan fingerprint density at radius 3 is 2.78 bits per heavy atom. The number of methoxy groups -OCH3 is 1. The van der Waals surface area contributed by atoms with Crippen molar-refractivity contribution in [1.82, 2.24) is 4.98 Å². The first-order chi connectivity index (χ1) is 8.63. The maximum atomic E-state index is 11.1. The Balaban J connectivity index is 2.65. The molecule has 1 aromatic carbocycles. The van der Waals surface area contributed by atoms with Gasteiger partial charge in [-0.25, -0.2) is 9.78 Å². The highest BCUT2D eigenvalue weighted by Crippen LogP contribution is 2.32. The topological polar surface area (TPSA) is 59.4 Å². The predicted octanol–water partition coefficient (Wildman–Crippen LogP) is 3.11. The van der Waals surface area contributed by atoms with E-state index in [4.69, 9.17) is 21.4 Å². The molecule has 0 aliphatic heterocycles. The van der Waals surface area contributed by atoms with Crippen LogP contribution >= 0.6 is 11.6 Å². The minimum absolute atomic E-state index is 0.0346. The van der Waals surface area contributed by atoms with E-state index in [0.717, 1.165) is 0 Å². The van der Waals surface area contributed by atoms with Crippen LogP contribution in [-0.2, 0) is 0 Å². The molecule has 0 atom stereocenters. The van der Waals surface area contributed by atoms with Crippen LogP contribution in [0.2, 0.25) is 5.02 Å². The van der Waals surface area contributed by atoms with E-state index in [9.17, 15) is 4.79 Å². The van der Waals surface area contributed by atoms with Crippen molar-refractivity contribution in [3.8, 4) is 16.9 Å². The summed E-state index contributed by atoms with van der Waals surface area (Å²) in [6.45, 7) is 0. The quantitative estimate of drug-likeness (QED) is 0.924. The first-order valence-corrected chi connectivity index (χ1v) is 5.53. The van der Waals surface area contributed by atoms with E-state index in [0.29, 0.717) is 21.9 Å². The lowest BCUT2D eigenvalue weighted by Crippen LogP contribution is -2.02. The lowest BCUT2D eigenvalue weighted by Gasteiger charge is -2.09. The van der Waals surface area contributed by atoms with Crippen LogP contribution < -0.4 is 4.74 Å². The second-order valence-corrected chi connectivity index (χ2v) is 3.96. The van der Waals surface area contributed by atoms with Gasteiger partial charge in [-0.2, -0.15) is 0 Å². The van der Waals surface area contributed by atoms with E-state index in [1.54, 1.807) is 30.3 Å². The molecule has 4 nitrogen and oxygen atoms in total. The predicted molar refractivity (Wildman–Crippen MR) is 68.2 cm³/mol. The van der Waals surface area contributed by atoms with Crippen LogP contribution in [0.3, 0.4) is 0 Å². The van der Waals surface area contributed by atoms with Crippen molar-refractivity contribution in [1.29, 1.82) is 0 Å². The number of halogens is 1. The lowest BCUT2D eigenvalue weighted by atomic mass is 10.0. The van der Waals surface area contributed by atoms with Gasteiger partial charge in [0, 0.05) is 22.3 Å². The number of carboxylic acids is 1. The minimum Gasteiger partial charge on any atom is -0.497 e. The van der Waals surface area contributed by atoms with E-state index < -0.39 is 5.97 Å². The van der Waals surface area contributed by atoms with Crippen molar-refractivity contribution < 1.29 is 14.6 Å². The van der Waals surface area contributed by atoms with Crippen LogP contribution in [0.4, 0.5) is 0 Å². The summed E-state index contributed by atoms with van der Waals surface area (Å²) in [6.07, 6.45) is 1.43. The number of ether oxygens (including phenoxy) is 1. The summed E-state index contributed by atoms with van der Waals surface area (Å²) in [5.41, 5.74) is 1.02. The number of pyridine rings is 1. The molecule has 92 valence electrons. The third-order valence-electron chi connectivity index (χ3n) is 2.47. The van der Waals surface area contributed by atoms with E-state index in [1.165, 1.54) is 13.3 Å². The van der Waals surface area contributed by atoms with Gasteiger partial charge in [-0.1, -0.05) is 17.7 Å². The van der Waals surface area contributed by atoms with E-state index in [-0.39, 0.29) is 5.69 Å². The van der Waals surface area contributed by atoms with Gasteiger partial charge in [0.25, 0.3) is 0 Å². The van der Waals surface area contributed by atoms with E-state index >= 15 is 0 Å². The van der Waals surface area contributed by atoms with Gasteiger partial charge in [-0.05, 0) is 24.3 Å². The molecule has 0 aliphatic rings. The minimum atomic E-state index is -1.09. The molecule has 1 heterocycles. The monoisotopic (exact) mass is 263 g/mol. The molecule has 2 rings (SSSR count). The standard InChI is InChI=1S/C13H10ClNO3/c1-18-8-4-5-11(14)10(7-8)9-3-2-6-15-12(9)13(16)17/h2-7H,1H3,(H,16,17). The van der Waals surface area contributed by atoms with Gasteiger partial charge in [0.1, 0.15) is 5.75 Å². The molecule has 5 heteroatoms. The van der Waals surface area contributed by atoms with Crippen molar-refractivity contribution in [2.45, 2.75) is 0 Å². The maximum absolute atomic E-state index is 11.1. The van der Waals surface area contributed by atoms with Crippen molar-refractivity contribution in [2.24, 2.45) is 0 Å². The Bertz CT molecular complexity index is 599. The zero-order valence-corrected chi connectivity index (χ0v) is 10.3. The third-order valence-corrected chi connectivity index (χ3v) is 2.80. The highest BCUT2D eigenvalue weighted by Gasteiger charge is 2.15. The molecule has 0 aliphatic carbocycles. The highest BCUT2D eigenvalue weighted by atomic mass is 35.5. The number of nitrogens with zero attached hydrogens (tertiary/aromatic N) is 1. The summed E-state index contributed by atoms with van der Waals surface area (Å²) in [6, 6.07) is 8.39. The summed E-state index contributed by atoms with van der Waals surface area (Å²) in [5, 5.41) is 9.56. The molecule has 2 aromatic rings. The summed E-state index contributed by atoms with van der Waals surface area (Å²) >= 11 is 6.09. The average molecular weight is 264 g/mol.